The van der Waals surface area contributed by atoms with Gasteiger partial charge in [-0.05, 0) is 25.1 Å². The molecule has 0 saturated carbocycles. The van der Waals surface area contributed by atoms with Crippen molar-refractivity contribution in [3.05, 3.63) is 29.6 Å². The molecule has 1 aromatic carbocycles. The fourth-order valence-electron chi connectivity index (χ4n) is 1.66. The number of aromatic nitrogens is 2. The Balaban J connectivity index is 2.56. The second-order valence-electron chi connectivity index (χ2n) is 4.16. The summed E-state index contributed by atoms with van der Waals surface area (Å²) in [6.45, 7) is 2.88. The van der Waals surface area contributed by atoms with Crippen LogP contribution in [0.5, 0.6) is 0 Å². The predicted molar refractivity (Wildman–Crippen MR) is 66.7 cm³/mol. The van der Waals surface area contributed by atoms with Crippen molar-refractivity contribution < 1.29 is 18.0 Å². The van der Waals surface area contributed by atoms with Gasteiger partial charge in [-0.25, -0.2) is 9.97 Å². The minimum absolute atomic E-state index is 0.119. The Morgan fingerprint density at radius 2 is 1.95 bits per heavy atom. The molecule has 0 fully saturated rings. The number of anilines is 1. The summed E-state index contributed by atoms with van der Waals surface area (Å²) >= 11 is 0. The second-order valence-corrected chi connectivity index (χ2v) is 4.16. The van der Waals surface area contributed by atoms with E-state index in [1.165, 1.54) is 13.0 Å². The highest BCUT2D eigenvalue weighted by molar-refractivity contribution is 5.90. The van der Waals surface area contributed by atoms with Crippen molar-refractivity contribution in [3.8, 4) is 0 Å². The molecule has 0 aliphatic carbocycles. The Morgan fingerprint density at radius 3 is 2.55 bits per heavy atom. The van der Waals surface area contributed by atoms with E-state index in [-0.39, 0.29) is 17.1 Å². The van der Waals surface area contributed by atoms with Crippen LogP contribution in [0.15, 0.2) is 18.2 Å². The number of hydrazine groups is 1. The van der Waals surface area contributed by atoms with E-state index in [2.05, 4.69) is 20.8 Å². The third-order valence-electron chi connectivity index (χ3n) is 2.49. The molecule has 0 unspecified atom stereocenters. The molecule has 1 heterocycles. The second kappa shape index (κ2) is 4.95. The van der Waals surface area contributed by atoms with Crippen molar-refractivity contribution in [3.63, 3.8) is 0 Å². The molecule has 0 aliphatic heterocycles. The van der Waals surface area contributed by atoms with Crippen LogP contribution in [0.1, 0.15) is 18.3 Å². The van der Waals surface area contributed by atoms with E-state index in [1.54, 1.807) is 6.92 Å². The Kier molecular flexibility index (Phi) is 3.47. The quantitative estimate of drug-likeness (QED) is 0.831. The molecule has 5 nitrogen and oxygen atoms in total. The largest absolute Gasteiger partial charge is 0.416 e. The van der Waals surface area contributed by atoms with Crippen molar-refractivity contribution in [2.24, 2.45) is 0 Å². The fraction of sp³-hybridized carbons (Fsp3) is 0.250. The lowest BCUT2D eigenvalue weighted by atomic mass is 10.1. The van der Waals surface area contributed by atoms with Crippen LogP contribution in [-0.2, 0) is 11.0 Å². The van der Waals surface area contributed by atoms with E-state index in [0.29, 0.717) is 11.3 Å². The van der Waals surface area contributed by atoms with Gasteiger partial charge in [0.2, 0.25) is 5.91 Å². The zero-order valence-electron chi connectivity index (χ0n) is 10.7. The zero-order chi connectivity index (χ0) is 14.9. The van der Waals surface area contributed by atoms with Crippen LogP contribution in [0.25, 0.3) is 10.9 Å². The first kappa shape index (κ1) is 14.0. The lowest BCUT2D eigenvalue weighted by Gasteiger charge is -2.12. The summed E-state index contributed by atoms with van der Waals surface area (Å²) in [4.78, 5) is 18.9. The molecule has 0 aliphatic rings. The molecule has 0 radical (unpaired) electrons. The average molecular weight is 284 g/mol. The molecule has 20 heavy (non-hydrogen) atoms. The standard InChI is InChI=1S/C12H11F3N4O/c1-6-16-10-4-3-8(12(13,14)15)5-9(10)11(17-6)19-18-7(2)20/h3-5H,1-2H3,(H,18,20)(H,16,17,19). The molecule has 2 rings (SSSR count). The number of rotatable bonds is 2. The van der Waals surface area contributed by atoms with Gasteiger partial charge in [0.1, 0.15) is 5.82 Å². The molecule has 2 aromatic rings. The smallest absolute Gasteiger partial charge is 0.281 e. The third-order valence-corrected chi connectivity index (χ3v) is 2.49. The summed E-state index contributed by atoms with van der Waals surface area (Å²) in [5.74, 6) is 0.111. The number of benzene rings is 1. The molecule has 2 N–H and O–H groups in total. The minimum Gasteiger partial charge on any atom is -0.281 e. The minimum atomic E-state index is -4.45. The van der Waals surface area contributed by atoms with Gasteiger partial charge in [0.25, 0.3) is 0 Å². The van der Waals surface area contributed by atoms with Crippen molar-refractivity contribution >= 4 is 22.6 Å². The molecule has 106 valence electrons. The van der Waals surface area contributed by atoms with E-state index >= 15 is 0 Å². The van der Waals surface area contributed by atoms with Crippen LogP contribution in [0.2, 0.25) is 0 Å². The maximum Gasteiger partial charge on any atom is 0.416 e. The van der Waals surface area contributed by atoms with Crippen LogP contribution in [0.4, 0.5) is 19.0 Å². The number of carbonyl (C=O) groups is 1. The van der Waals surface area contributed by atoms with E-state index in [0.717, 1.165) is 12.1 Å². The number of hydrogen-bond donors (Lipinski definition) is 2. The number of fused-ring (bicyclic) bond motifs is 1. The van der Waals surface area contributed by atoms with Gasteiger partial charge in [-0.3, -0.25) is 15.6 Å². The summed E-state index contributed by atoms with van der Waals surface area (Å²) < 4.78 is 38.1. The number of nitrogens with zero attached hydrogens (tertiary/aromatic N) is 2. The normalized spacial score (nSPS) is 11.4. The fourth-order valence-corrected chi connectivity index (χ4v) is 1.66. The maximum absolute atomic E-state index is 12.7. The Bertz CT molecular complexity index is 670. The number of halogens is 3. The number of nitrogens with one attached hydrogen (secondary N) is 2. The molecule has 1 aromatic heterocycles. The van der Waals surface area contributed by atoms with Gasteiger partial charge in [-0.15, -0.1) is 0 Å². The van der Waals surface area contributed by atoms with E-state index in [1.807, 2.05) is 0 Å². The van der Waals surface area contributed by atoms with Crippen LogP contribution in [0.3, 0.4) is 0 Å². The molecule has 8 heteroatoms. The van der Waals surface area contributed by atoms with Crippen LogP contribution in [-0.4, -0.2) is 15.9 Å². The molecular formula is C12H11F3N4O. The first-order chi connectivity index (χ1) is 9.27. The predicted octanol–water partition coefficient (Wildman–Crippen LogP) is 2.42. The SMILES string of the molecule is CC(=O)NNc1nc(C)nc2ccc(C(F)(F)F)cc12. The van der Waals surface area contributed by atoms with Gasteiger partial charge < -0.3 is 0 Å². The van der Waals surface area contributed by atoms with Crippen LogP contribution < -0.4 is 10.9 Å². The van der Waals surface area contributed by atoms with E-state index in [4.69, 9.17) is 0 Å². The number of alkyl halides is 3. The first-order valence-corrected chi connectivity index (χ1v) is 5.65. The summed E-state index contributed by atoms with van der Waals surface area (Å²) in [5, 5.41) is 0.180. The Hall–Kier alpha value is -2.38. The molecule has 1 amide bonds. The number of carbonyl (C=O) groups excluding carboxylic acids is 1. The maximum atomic E-state index is 12.7. The van der Waals surface area contributed by atoms with Gasteiger partial charge in [0, 0.05) is 12.3 Å². The molecule has 0 spiro atoms. The molecule has 0 atom stereocenters. The molecule has 0 saturated heterocycles. The highest BCUT2D eigenvalue weighted by atomic mass is 19.4. The monoisotopic (exact) mass is 284 g/mol. The summed E-state index contributed by atoms with van der Waals surface area (Å²) in [7, 11) is 0. The average Bonchev–Trinajstić information content (AvgIpc) is 2.33. The Labute approximate surface area is 112 Å². The highest BCUT2D eigenvalue weighted by Crippen LogP contribution is 2.32. The number of aryl methyl sites for hydroxylation is 1. The van der Waals surface area contributed by atoms with Gasteiger partial charge in [-0.2, -0.15) is 13.2 Å². The van der Waals surface area contributed by atoms with Crippen molar-refractivity contribution in [2.45, 2.75) is 20.0 Å². The summed E-state index contributed by atoms with van der Waals surface area (Å²) in [5.41, 5.74) is 4.32. The summed E-state index contributed by atoms with van der Waals surface area (Å²) in [6, 6.07) is 3.17. The highest BCUT2D eigenvalue weighted by Gasteiger charge is 2.30. The van der Waals surface area contributed by atoms with Crippen LogP contribution >= 0.6 is 0 Å². The first-order valence-electron chi connectivity index (χ1n) is 5.65. The summed E-state index contributed by atoms with van der Waals surface area (Å²) in [6.07, 6.45) is -4.45. The van der Waals surface area contributed by atoms with E-state index < -0.39 is 11.7 Å². The van der Waals surface area contributed by atoms with Crippen molar-refractivity contribution in [2.75, 3.05) is 5.43 Å². The number of amides is 1. The molecule has 0 bridgehead atoms. The van der Waals surface area contributed by atoms with Gasteiger partial charge >= 0.3 is 6.18 Å². The Morgan fingerprint density at radius 1 is 1.25 bits per heavy atom. The van der Waals surface area contributed by atoms with Crippen molar-refractivity contribution in [1.29, 1.82) is 0 Å². The van der Waals surface area contributed by atoms with E-state index in [9.17, 15) is 18.0 Å². The van der Waals surface area contributed by atoms with Gasteiger partial charge in [0.15, 0.2) is 5.82 Å². The lowest BCUT2D eigenvalue weighted by Crippen LogP contribution is -2.27. The van der Waals surface area contributed by atoms with Crippen molar-refractivity contribution in [1.82, 2.24) is 15.4 Å². The van der Waals surface area contributed by atoms with Gasteiger partial charge in [-0.1, -0.05) is 0 Å². The topological polar surface area (TPSA) is 66.9 Å². The lowest BCUT2D eigenvalue weighted by molar-refractivity contribution is -0.137. The van der Waals surface area contributed by atoms with Gasteiger partial charge in [0.05, 0.1) is 11.1 Å². The number of hydrogen-bond acceptors (Lipinski definition) is 4. The molecular weight excluding hydrogens is 273 g/mol. The van der Waals surface area contributed by atoms with Crippen LogP contribution in [0, 0.1) is 6.92 Å². The third kappa shape index (κ3) is 2.95. The zero-order valence-corrected chi connectivity index (χ0v) is 10.7.